The lowest BCUT2D eigenvalue weighted by atomic mass is 10.6. The lowest BCUT2D eigenvalue weighted by molar-refractivity contribution is -0.134. The van der Waals surface area contributed by atoms with Crippen molar-refractivity contribution in [3.05, 3.63) is 12.3 Å². The van der Waals surface area contributed by atoms with E-state index in [9.17, 15) is 9.59 Å². The number of rotatable bonds is 3. The van der Waals surface area contributed by atoms with E-state index in [4.69, 9.17) is 0 Å². The Hall–Kier alpha value is -1.32. The summed E-state index contributed by atoms with van der Waals surface area (Å²) in [4.78, 5) is 21.5. The number of ether oxygens (including phenoxy) is 1. The van der Waals surface area contributed by atoms with Crippen molar-refractivity contribution in [3.63, 3.8) is 0 Å². The molecule has 1 amide bonds. The molecule has 0 aliphatic rings. The van der Waals surface area contributed by atoms with Gasteiger partial charge in [-0.15, -0.1) is 0 Å². The molecule has 10 heavy (non-hydrogen) atoms. The summed E-state index contributed by atoms with van der Waals surface area (Å²) in [5, 5.41) is 0. The molecule has 4 nitrogen and oxygen atoms in total. The van der Waals surface area contributed by atoms with Gasteiger partial charge >= 0.3 is 5.97 Å². The molecule has 0 bridgehead atoms. The second-order valence-corrected chi connectivity index (χ2v) is 1.61. The SMILES string of the molecule is COC(=O)/C=C/N(C)C=O. The number of hydrogen-bond acceptors (Lipinski definition) is 3. The summed E-state index contributed by atoms with van der Waals surface area (Å²) in [5.41, 5.74) is 0. The normalized spacial score (nSPS) is 9.40. The monoisotopic (exact) mass is 143 g/mol. The van der Waals surface area contributed by atoms with E-state index in [-0.39, 0.29) is 0 Å². The van der Waals surface area contributed by atoms with Crippen molar-refractivity contribution in [1.29, 1.82) is 0 Å². The number of amides is 1. The summed E-state index contributed by atoms with van der Waals surface area (Å²) in [6, 6.07) is 0. The van der Waals surface area contributed by atoms with Crippen LogP contribution in [-0.2, 0) is 14.3 Å². The van der Waals surface area contributed by atoms with Crippen molar-refractivity contribution in [2.24, 2.45) is 0 Å². The highest BCUT2D eigenvalue weighted by Crippen LogP contribution is 1.80. The third-order valence-electron chi connectivity index (χ3n) is 0.813. The molecular formula is C6H9NO3. The second-order valence-electron chi connectivity index (χ2n) is 1.61. The molecule has 0 saturated carbocycles. The first-order valence-corrected chi connectivity index (χ1v) is 2.64. The van der Waals surface area contributed by atoms with Gasteiger partial charge in [0.15, 0.2) is 0 Å². The van der Waals surface area contributed by atoms with Gasteiger partial charge in [0, 0.05) is 19.3 Å². The Balaban J connectivity index is 3.74. The Morgan fingerprint density at radius 2 is 2.20 bits per heavy atom. The molecule has 0 spiro atoms. The fourth-order valence-corrected chi connectivity index (χ4v) is 0.282. The quantitative estimate of drug-likeness (QED) is 0.311. The number of nitrogens with zero attached hydrogens (tertiary/aromatic N) is 1. The van der Waals surface area contributed by atoms with Gasteiger partial charge in [-0.2, -0.15) is 0 Å². The van der Waals surface area contributed by atoms with E-state index < -0.39 is 5.97 Å². The molecular weight excluding hydrogens is 134 g/mol. The largest absolute Gasteiger partial charge is 0.466 e. The average molecular weight is 143 g/mol. The molecule has 0 rings (SSSR count). The Bertz CT molecular complexity index is 153. The zero-order chi connectivity index (χ0) is 7.98. The predicted octanol–water partition coefficient (Wildman–Crippen LogP) is -0.239. The van der Waals surface area contributed by atoms with Gasteiger partial charge in [0.2, 0.25) is 6.41 Å². The molecule has 0 fully saturated rings. The van der Waals surface area contributed by atoms with Crippen LogP contribution in [-0.4, -0.2) is 31.4 Å². The summed E-state index contributed by atoms with van der Waals surface area (Å²) in [6.07, 6.45) is 3.06. The van der Waals surface area contributed by atoms with Gasteiger partial charge in [0.05, 0.1) is 7.11 Å². The number of hydrogen-bond donors (Lipinski definition) is 0. The lowest BCUT2D eigenvalue weighted by Gasteiger charge is -1.99. The maximum Gasteiger partial charge on any atom is 0.331 e. The highest BCUT2D eigenvalue weighted by molar-refractivity contribution is 5.81. The molecule has 0 aromatic heterocycles. The maximum absolute atomic E-state index is 10.4. The number of carbonyl (C=O) groups is 2. The molecule has 0 radical (unpaired) electrons. The van der Waals surface area contributed by atoms with Crippen molar-refractivity contribution in [2.75, 3.05) is 14.2 Å². The van der Waals surface area contributed by atoms with Crippen molar-refractivity contribution < 1.29 is 14.3 Å². The Morgan fingerprint density at radius 1 is 1.60 bits per heavy atom. The fraction of sp³-hybridized carbons (Fsp3) is 0.333. The van der Waals surface area contributed by atoms with Crippen LogP contribution >= 0.6 is 0 Å². The second kappa shape index (κ2) is 4.55. The van der Waals surface area contributed by atoms with Crippen LogP contribution in [0.3, 0.4) is 0 Å². The maximum atomic E-state index is 10.4. The van der Waals surface area contributed by atoms with Gasteiger partial charge in [-0.1, -0.05) is 0 Å². The van der Waals surface area contributed by atoms with E-state index in [0.717, 1.165) is 6.08 Å². The standard InChI is InChI=1S/C6H9NO3/c1-7(5-8)4-3-6(9)10-2/h3-5H,1-2H3/b4-3+. The number of esters is 1. The summed E-state index contributed by atoms with van der Waals surface area (Å²) >= 11 is 0. The van der Waals surface area contributed by atoms with E-state index in [1.807, 2.05) is 0 Å². The lowest BCUT2D eigenvalue weighted by Crippen LogP contribution is -2.07. The Kier molecular flexibility index (Phi) is 3.95. The number of carbonyl (C=O) groups excluding carboxylic acids is 2. The molecule has 56 valence electrons. The van der Waals surface area contributed by atoms with Gasteiger partial charge in [0.1, 0.15) is 0 Å². The summed E-state index contributed by atoms with van der Waals surface area (Å²) in [7, 11) is 2.79. The molecule has 0 saturated heterocycles. The van der Waals surface area contributed by atoms with E-state index in [1.54, 1.807) is 0 Å². The predicted molar refractivity (Wildman–Crippen MR) is 35.0 cm³/mol. The zero-order valence-electron chi connectivity index (χ0n) is 5.90. The first kappa shape index (κ1) is 8.68. The van der Waals surface area contributed by atoms with Crippen LogP contribution in [0.5, 0.6) is 0 Å². The van der Waals surface area contributed by atoms with E-state index >= 15 is 0 Å². The molecule has 0 aromatic carbocycles. The van der Waals surface area contributed by atoms with E-state index in [0.29, 0.717) is 6.41 Å². The molecule has 0 unspecified atom stereocenters. The minimum absolute atomic E-state index is 0.478. The molecule has 4 heteroatoms. The smallest absolute Gasteiger partial charge is 0.331 e. The van der Waals surface area contributed by atoms with Gasteiger partial charge in [0.25, 0.3) is 0 Å². The first-order chi connectivity index (χ1) is 4.70. The van der Waals surface area contributed by atoms with Gasteiger partial charge in [-0.05, 0) is 0 Å². The van der Waals surface area contributed by atoms with Gasteiger partial charge in [-0.25, -0.2) is 4.79 Å². The van der Waals surface area contributed by atoms with Crippen molar-refractivity contribution in [3.8, 4) is 0 Å². The highest BCUT2D eigenvalue weighted by Gasteiger charge is 1.90. The minimum atomic E-state index is -0.478. The molecule has 0 aliphatic heterocycles. The molecule has 0 N–H and O–H groups in total. The molecule has 0 aliphatic carbocycles. The average Bonchev–Trinajstić information content (AvgIpc) is 1.99. The van der Waals surface area contributed by atoms with Crippen LogP contribution in [0.2, 0.25) is 0 Å². The van der Waals surface area contributed by atoms with Gasteiger partial charge in [-0.3, -0.25) is 4.79 Å². The van der Waals surface area contributed by atoms with Crippen LogP contribution in [0.1, 0.15) is 0 Å². The van der Waals surface area contributed by atoms with Crippen LogP contribution < -0.4 is 0 Å². The van der Waals surface area contributed by atoms with Crippen LogP contribution in [0.25, 0.3) is 0 Å². The Labute approximate surface area is 59.1 Å². The van der Waals surface area contributed by atoms with Crippen molar-refractivity contribution in [2.45, 2.75) is 0 Å². The van der Waals surface area contributed by atoms with Crippen LogP contribution in [0, 0.1) is 0 Å². The fourth-order valence-electron chi connectivity index (χ4n) is 0.282. The Morgan fingerprint density at radius 3 is 2.60 bits per heavy atom. The summed E-state index contributed by atoms with van der Waals surface area (Å²) < 4.78 is 4.28. The van der Waals surface area contributed by atoms with Gasteiger partial charge < -0.3 is 9.64 Å². The van der Waals surface area contributed by atoms with E-state index in [2.05, 4.69) is 4.74 Å². The summed E-state index contributed by atoms with van der Waals surface area (Å²) in [5.74, 6) is -0.478. The highest BCUT2D eigenvalue weighted by atomic mass is 16.5. The third kappa shape index (κ3) is 3.65. The van der Waals surface area contributed by atoms with E-state index in [1.165, 1.54) is 25.3 Å². The molecule has 0 heterocycles. The third-order valence-corrected chi connectivity index (χ3v) is 0.813. The minimum Gasteiger partial charge on any atom is -0.466 e. The molecule has 0 atom stereocenters. The van der Waals surface area contributed by atoms with Crippen LogP contribution in [0.4, 0.5) is 0 Å². The first-order valence-electron chi connectivity index (χ1n) is 2.64. The molecule has 0 aromatic rings. The topological polar surface area (TPSA) is 46.6 Å². The number of methoxy groups -OCH3 is 1. The zero-order valence-corrected chi connectivity index (χ0v) is 5.90. The van der Waals surface area contributed by atoms with Crippen LogP contribution in [0.15, 0.2) is 12.3 Å². The van der Waals surface area contributed by atoms with Crippen molar-refractivity contribution in [1.82, 2.24) is 4.90 Å². The summed E-state index contributed by atoms with van der Waals surface area (Å²) in [6.45, 7) is 0. The van der Waals surface area contributed by atoms with Crippen molar-refractivity contribution >= 4 is 12.4 Å².